The number of sulfonamides is 1. The largest absolute Gasteiger partial charge is 0.497 e. The molecular formula is C26H31N3O6S2. The number of fused-ring (bicyclic) bond motifs is 1. The molecule has 0 saturated carbocycles. The summed E-state index contributed by atoms with van der Waals surface area (Å²) in [6.45, 7) is 1.70. The van der Waals surface area contributed by atoms with Crippen molar-refractivity contribution in [2.45, 2.75) is 36.7 Å². The number of para-hydroxylation sites is 1. The van der Waals surface area contributed by atoms with E-state index in [1.54, 1.807) is 36.3 Å². The highest BCUT2D eigenvalue weighted by atomic mass is 32.2. The Balaban J connectivity index is 1.34. The van der Waals surface area contributed by atoms with Gasteiger partial charge in [-0.2, -0.15) is 4.31 Å². The lowest BCUT2D eigenvalue weighted by atomic mass is 9.96. The Hall–Kier alpha value is -2.73. The predicted molar refractivity (Wildman–Crippen MR) is 142 cm³/mol. The Morgan fingerprint density at radius 2 is 1.86 bits per heavy atom. The number of anilines is 1. The summed E-state index contributed by atoms with van der Waals surface area (Å²) < 4.78 is 45.2. The maximum absolute atomic E-state index is 13.8. The van der Waals surface area contributed by atoms with Crippen molar-refractivity contribution in [1.82, 2.24) is 9.29 Å². The number of nitrogens with zero attached hydrogens (tertiary/aromatic N) is 3. The molecule has 37 heavy (non-hydrogen) atoms. The van der Waals surface area contributed by atoms with Crippen molar-refractivity contribution >= 4 is 42.6 Å². The molecule has 9 nitrogen and oxygen atoms in total. The third-order valence-corrected chi connectivity index (χ3v) is 9.95. The minimum atomic E-state index is -3.64. The fourth-order valence-corrected chi connectivity index (χ4v) is 7.37. The first-order valence-electron chi connectivity index (χ1n) is 12.4. The summed E-state index contributed by atoms with van der Waals surface area (Å²) in [7, 11) is -0.496. The van der Waals surface area contributed by atoms with Gasteiger partial charge in [0.15, 0.2) is 5.13 Å². The number of carbonyl (C=O) groups excluding carboxylic acids is 1. The van der Waals surface area contributed by atoms with E-state index in [2.05, 4.69) is 0 Å². The number of carbonyl (C=O) groups is 1. The number of thiazole rings is 1. The lowest BCUT2D eigenvalue weighted by Crippen LogP contribution is -2.46. The van der Waals surface area contributed by atoms with E-state index in [1.807, 2.05) is 18.2 Å². The smallest absolute Gasteiger partial charge is 0.243 e. The Kier molecular flexibility index (Phi) is 7.66. The van der Waals surface area contributed by atoms with Crippen LogP contribution in [0.25, 0.3) is 10.2 Å². The van der Waals surface area contributed by atoms with Gasteiger partial charge in [-0.15, -0.1) is 0 Å². The van der Waals surface area contributed by atoms with Crippen LogP contribution in [0, 0.1) is 5.92 Å². The highest BCUT2D eigenvalue weighted by molar-refractivity contribution is 7.89. The molecule has 2 aliphatic rings. The summed E-state index contributed by atoms with van der Waals surface area (Å²) in [6, 6.07) is 12.1. The SMILES string of the molecule is COc1ccc(S(=O)(=O)N2CCC(C(=O)N(CC3CCCO3)c3nc4c(OC)cccc4s3)CC2)cc1. The lowest BCUT2D eigenvalue weighted by Gasteiger charge is -2.33. The van der Waals surface area contributed by atoms with E-state index in [1.165, 1.54) is 22.8 Å². The van der Waals surface area contributed by atoms with Crippen molar-refractivity contribution < 1.29 is 27.4 Å². The van der Waals surface area contributed by atoms with E-state index in [0.29, 0.717) is 42.6 Å². The van der Waals surface area contributed by atoms with Crippen LogP contribution in [0.3, 0.4) is 0 Å². The number of ether oxygens (including phenoxy) is 3. The second-order valence-electron chi connectivity index (χ2n) is 9.24. The summed E-state index contributed by atoms with van der Waals surface area (Å²) in [5.74, 6) is 0.941. The van der Waals surface area contributed by atoms with E-state index >= 15 is 0 Å². The van der Waals surface area contributed by atoms with Crippen molar-refractivity contribution in [3.05, 3.63) is 42.5 Å². The molecule has 0 bridgehead atoms. The second-order valence-corrected chi connectivity index (χ2v) is 12.2. The Morgan fingerprint density at radius 1 is 1.11 bits per heavy atom. The summed E-state index contributed by atoms with van der Waals surface area (Å²) in [4.78, 5) is 20.6. The van der Waals surface area contributed by atoms with Gasteiger partial charge in [-0.25, -0.2) is 13.4 Å². The summed E-state index contributed by atoms with van der Waals surface area (Å²) >= 11 is 1.46. The predicted octanol–water partition coefficient (Wildman–Crippen LogP) is 3.93. The highest BCUT2D eigenvalue weighted by Crippen LogP contribution is 2.36. The van der Waals surface area contributed by atoms with Crippen molar-refractivity contribution in [2.75, 3.05) is 45.4 Å². The van der Waals surface area contributed by atoms with Gasteiger partial charge in [0.1, 0.15) is 17.0 Å². The van der Waals surface area contributed by atoms with Crippen molar-refractivity contribution in [1.29, 1.82) is 0 Å². The topological polar surface area (TPSA) is 98.3 Å². The number of hydrogen-bond donors (Lipinski definition) is 0. The number of methoxy groups -OCH3 is 2. The Labute approximate surface area is 221 Å². The summed E-state index contributed by atoms with van der Waals surface area (Å²) in [5.41, 5.74) is 0.732. The fourth-order valence-electron chi connectivity index (χ4n) is 4.91. The van der Waals surface area contributed by atoms with Crippen LogP contribution in [0.4, 0.5) is 5.13 Å². The minimum absolute atomic E-state index is 0.0324. The lowest BCUT2D eigenvalue weighted by molar-refractivity contribution is -0.123. The number of piperidine rings is 1. The zero-order valence-electron chi connectivity index (χ0n) is 21.0. The van der Waals surface area contributed by atoms with E-state index in [-0.39, 0.29) is 35.9 Å². The van der Waals surface area contributed by atoms with Crippen molar-refractivity contribution in [2.24, 2.45) is 5.92 Å². The molecule has 5 rings (SSSR count). The van der Waals surface area contributed by atoms with Crippen LogP contribution in [0.15, 0.2) is 47.4 Å². The molecule has 3 heterocycles. The molecule has 0 aliphatic carbocycles. The average Bonchev–Trinajstić information content (AvgIpc) is 3.61. The van der Waals surface area contributed by atoms with Crippen molar-refractivity contribution in [3.8, 4) is 11.5 Å². The van der Waals surface area contributed by atoms with E-state index in [0.717, 1.165) is 23.1 Å². The molecule has 0 N–H and O–H groups in total. The maximum Gasteiger partial charge on any atom is 0.243 e. The molecule has 1 unspecified atom stereocenters. The second kappa shape index (κ2) is 10.9. The maximum atomic E-state index is 13.8. The standard InChI is InChI=1S/C26H31N3O6S2/c1-33-19-8-10-21(11-9-19)37(31,32)28-14-12-18(13-15-28)25(30)29(17-20-5-4-16-35-20)26-27-24-22(34-2)6-3-7-23(24)36-26/h3,6-11,18,20H,4-5,12-17H2,1-2H3. The van der Waals surface area contributed by atoms with E-state index < -0.39 is 10.0 Å². The monoisotopic (exact) mass is 545 g/mol. The third-order valence-electron chi connectivity index (χ3n) is 7.00. The molecule has 3 aromatic rings. The van der Waals surface area contributed by atoms with Gasteiger partial charge >= 0.3 is 0 Å². The molecule has 1 aromatic heterocycles. The van der Waals surface area contributed by atoms with Gasteiger partial charge in [0.25, 0.3) is 0 Å². The van der Waals surface area contributed by atoms with Gasteiger partial charge in [-0.1, -0.05) is 17.4 Å². The van der Waals surface area contributed by atoms with Gasteiger partial charge in [-0.05, 0) is 62.1 Å². The number of aromatic nitrogens is 1. The zero-order chi connectivity index (χ0) is 26.0. The molecule has 2 fully saturated rings. The first kappa shape index (κ1) is 25.9. The third kappa shape index (κ3) is 5.31. The number of amides is 1. The molecule has 2 aliphatic heterocycles. The van der Waals surface area contributed by atoms with Crippen LogP contribution in [0.5, 0.6) is 11.5 Å². The molecule has 198 valence electrons. The van der Waals surface area contributed by atoms with Gasteiger partial charge < -0.3 is 14.2 Å². The number of benzene rings is 2. The molecule has 0 radical (unpaired) electrons. The molecule has 0 spiro atoms. The first-order valence-corrected chi connectivity index (χ1v) is 14.7. The summed E-state index contributed by atoms with van der Waals surface area (Å²) in [5, 5.41) is 0.619. The molecule has 1 amide bonds. The first-order chi connectivity index (χ1) is 17.9. The van der Waals surface area contributed by atoms with Crippen LogP contribution in [0.1, 0.15) is 25.7 Å². The molecular weight excluding hydrogens is 514 g/mol. The Bertz CT molecular complexity index is 1340. The zero-order valence-corrected chi connectivity index (χ0v) is 22.6. The van der Waals surface area contributed by atoms with E-state index in [9.17, 15) is 13.2 Å². The highest BCUT2D eigenvalue weighted by Gasteiger charge is 2.36. The Morgan fingerprint density at radius 3 is 2.51 bits per heavy atom. The van der Waals surface area contributed by atoms with Gasteiger partial charge in [-0.3, -0.25) is 9.69 Å². The van der Waals surface area contributed by atoms with Crippen LogP contribution in [0.2, 0.25) is 0 Å². The molecule has 1 atom stereocenters. The fraction of sp³-hybridized carbons (Fsp3) is 0.462. The van der Waals surface area contributed by atoms with Crippen LogP contribution < -0.4 is 14.4 Å². The number of hydrogen-bond acceptors (Lipinski definition) is 8. The normalized spacial score (nSPS) is 19.2. The quantitative estimate of drug-likeness (QED) is 0.423. The number of rotatable bonds is 8. The van der Waals surface area contributed by atoms with Gasteiger partial charge in [0.05, 0.1) is 36.5 Å². The average molecular weight is 546 g/mol. The summed E-state index contributed by atoms with van der Waals surface area (Å²) in [6.07, 6.45) is 2.74. The minimum Gasteiger partial charge on any atom is -0.497 e. The van der Waals surface area contributed by atoms with Crippen LogP contribution in [-0.2, 0) is 19.6 Å². The molecule has 2 aromatic carbocycles. The molecule has 2 saturated heterocycles. The van der Waals surface area contributed by atoms with Crippen LogP contribution >= 0.6 is 11.3 Å². The van der Waals surface area contributed by atoms with Crippen molar-refractivity contribution in [3.63, 3.8) is 0 Å². The van der Waals surface area contributed by atoms with Gasteiger partial charge in [0, 0.05) is 25.6 Å². The van der Waals surface area contributed by atoms with Crippen LogP contribution in [-0.4, -0.2) is 70.2 Å². The molecule has 11 heteroatoms. The van der Waals surface area contributed by atoms with Gasteiger partial charge in [0.2, 0.25) is 15.9 Å². The van der Waals surface area contributed by atoms with E-state index in [4.69, 9.17) is 19.2 Å².